The van der Waals surface area contributed by atoms with Gasteiger partial charge in [0.1, 0.15) is 11.2 Å². The highest BCUT2D eigenvalue weighted by Gasteiger charge is 2.12. The zero-order chi connectivity index (χ0) is 20.7. The summed E-state index contributed by atoms with van der Waals surface area (Å²) in [5.74, 6) is 0.206. The molecule has 0 bridgehead atoms. The highest BCUT2D eigenvalue weighted by molar-refractivity contribution is 6.31. The lowest BCUT2D eigenvalue weighted by Gasteiger charge is -2.07. The van der Waals surface area contributed by atoms with Crippen LogP contribution >= 0.6 is 11.6 Å². The van der Waals surface area contributed by atoms with Gasteiger partial charge in [-0.1, -0.05) is 29.8 Å². The molecule has 0 amide bonds. The van der Waals surface area contributed by atoms with Crippen molar-refractivity contribution in [3.8, 4) is 6.07 Å². The average Bonchev–Trinajstić information content (AvgIpc) is 2.67. The van der Waals surface area contributed by atoms with E-state index in [1.54, 1.807) is 12.1 Å². The minimum Gasteiger partial charge on any atom is -0.305 e. The van der Waals surface area contributed by atoms with E-state index in [1.165, 1.54) is 0 Å². The molecule has 0 aliphatic heterocycles. The predicted molar refractivity (Wildman–Crippen MR) is 117 cm³/mol. The normalized spacial score (nSPS) is 11.8. The van der Waals surface area contributed by atoms with Crippen LogP contribution in [0.15, 0.2) is 41.2 Å². The van der Waals surface area contributed by atoms with Crippen molar-refractivity contribution in [2.45, 2.75) is 20.8 Å². The van der Waals surface area contributed by atoms with Crippen LogP contribution in [-0.2, 0) is 0 Å². The number of fused-ring (bicyclic) bond motifs is 2. The third-order valence-corrected chi connectivity index (χ3v) is 5.08. The summed E-state index contributed by atoms with van der Waals surface area (Å²) < 4.78 is 0. The fourth-order valence-electron chi connectivity index (χ4n) is 3.40. The minimum atomic E-state index is -0.281. The van der Waals surface area contributed by atoms with Crippen LogP contribution in [0, 0.1) is 32.1 Å². The molecule has 0 aliphatic rings. The molecule has 29 heavy (non-hydrogen) atoms. The number of nitrogens with one attached hydrogen (secondary N) is 1. The topological polar surface area (TPSA) is 82.4 Å². The second-order valence-electron chi connectivity index (χ2n) is 7.13. The first-order chi connectivity index (χ1) is 13.9. The molecule has 0 spiro atoms. The molecule has 0 atom stereocenters. The van der Waals surface area contributed by atoms with Gasteiger partial charge in [0.15, 0.2) is 5.82 Å². The van der Waals surface area contributed by atoms with E-state index in [1.807, 2.05) is 51.1 Å². The first kappa shape index (κ1) is 18.9. The number of nitrogens with zero attached hydrogens (tertiary/aromatic N) is 3. The first-order valence-corrected chi connectivity index (χ1v) is 9.44. The van der Waals surface area contributed by atoms with Gasteiger partial charge in [0.05, 0.1) is 22.0 Å². The van der Waals surface area contributed by atoms with Crippen molar-refractivity contribution < 1.29 is 0 Å². The monoisotopic (exact) mass is 400 g/mol. The second kappa shape index (κ2) is 7.16. The van der Waals surface area contributed by atoms with Gasteiger partial charge in [-0.3, -0.25) is 4.79 Å². The quantitative estimate of drug-likeness (QED) is 0.374. The van der Waals surface area contributed by atoms with Crippen LogP contribution in [-0.4, -0.2) is 15.0 Å². The van der Waals surface area contributed by atoms with E-state index in [0.717, 1.165) is 27.6 Å². The molecule has 0 fully saturated rings. The van der Waals surface area contributed by atoms with Gasteiger partial charge >= 0.3 is 0 Å². The maximum Gasteiger partial charge on any atom is 0.259 e. The Morgan fingerprint density at radius 1 is 1.10 bits per heavy atom. The Bertz CT molecular complexity index is 1430. The fraction of sp³-hybridized carbons (Fsp3) is 0.130. The van der Waals surface area contributed by atoms with Gasteiger partial charge in [0, 0.05) is 10.9 Å². The smallest absolute Gasteiger partial charge is 0.259 e. The van der Waals surface area contributed by atoms with Crippen LogP contribution in [0.3, 0.4) is 0 Å². The molecule has 142 valence electrons. The van der Waals surface area contributed by atoms with Crippen molar-refractivity contribution >= 4 is 45.1 Å². The Morgan fingerprint density at radius 3 is 2.66 bits per heavy atom. The Morgan fingerprint density at radius 2 is 1.90 bits per heavy atom. The van der Waals surface area contributed by atoms with E-state index in [0.29, 0.717) is 16.5 Å². The zero-order valence-corrected chi connectivity index (χ0v) is 16.9. The van der Waals surface area contributed by atoms with Gasteiger partial charge in [-0.05, 0) is 61.7 Å². The maximum atomic E-state index is 12.6. The average molecular weight is 401 g/mol. The first-order valence-electron chi connectivity index (χ1n) is 9.06. The number of hydrogen-bond donors (Lipinski definition) is 1. The van der Waals surface area contributed by atoms with Crippen molar-refractivity contribution in [3.63, 3.8) is 0 Å². The van der Waals surface area contributed by atoms with E-state index in [-0.39, 0.29) is 22.1 Å². The van der Waals surface area contributed by atoms with E-state index in [4.69, 9.17) is 11.6 Å². The summed E-state index contributed by atoms with van der Waals surface area (Å²) in [7, 11) is 0. The summed E-state index contributed by atoms with van der Waals surface area (Å²) >= 11 is 6.36. The van der Waals surface area contributed by atoms with Crippen LogP contribution in [0.4, 0.5) is 0 Å². The molecule has 5 nitrogen and oxygen atoms in total. The van der Waals surface area contributed by atoms with Gasteiger partial charge in [0.2, 0.25) is 0 Å². The SMILES string of the molecule is Cc1ccc2cc(C=C(C#N)c3nc4c(C)cc(C)cc4c(=O)[nH]3)c(Cl)nc2c1. The number of aromatic nitrogens is 3. The number of nitriles is 1. The Balaban J connectivity index is 1.90. The molecule has 0 aliphatic carbocycles. The van der Waals surface area contributed by atoms with Crippen LogP contribution < -0.4 is 5.56 Å². The number of pyridine rings is 1. The number of aromatic amines is 1. The molecular formula is C23H17ClN4O. The fourth-order valence-corrected chi connectivity index (χ4v) is 3.60. The van der Waals surface area contributed by atoms with E-state index in [9.17, 15) is 10.1 Å². The third kappa shape index (κ3) is 3.51. The summed E-state index contributed by atoms with van der Waals surface area (Å²) in [5, 5.41) is 11.4. The Hall–Kier alpha value is -3.49. The summed E-state index contributed by atoms with van der Waals surface area (Å²) in [4.78, 5) is 24.3. The summed E-state index contributed by atoms with van der Waals surface area (Å²) in [6.45, 7) is 5.81. The van der Waals surface area contributed by atoms with E-state index < -0.39 is 0 Å². The van der Waals surface area contributed by atoms with Crippen molar-refractivity contribution in [2.24, 2.45) is 0 Å². The van der Waals surface area contributed by atoms with Crippen molar-refractivity contribution in [1.29, 1.82) is 5.26 Å². The standard InChI is InChI=1S/C23H17ClN4O/c1-12-4-5-15-9-16(21(24)26-19(15)8-12)10-17(11-25)22-27-20-14(3)6-13(2)7-18(20)23(29)28-22/h4-10H,1-3H3,(H,27,28,29). The Kier molecular flexibility index (Phi) is 4.65. The van der Waals surface area contributed by atoms with Gasteiger partial charge in [-0.2, -0.15) is 5.26 Å². The van der Waals surface area contributed by atoms with Crippen LogP contribution in [0.1, 0.15) is 28.1 Å². The molecular weight excluding hydrogens is 384 g/mol. The highest BCUT2D eigenvalue weighted by atomic mass is 35.5. The molecule has 2 aromatic carbocycles. The molecule has 2 aromatic heterocycles. The maximum absolute atomic E-state index is 12.6. The lowest BCUT2D eigenvalue weighted by molar-refractivity contribution is 1.12. The van der Waals surface area contributed by atoms with Crippen LogP contribution in [0.2, 0.25) is 5.15 Å². The highest BCUT2D eigenvalue weighted by Crippen LogP contribution is 2.25. The van der Waals surface area contributed by atoms with E-state index in [2.05, 4.69) is 21.0 Å². The lowest BCUT2D eigenvalue weighted by Crippen LogP contribution is -2.12. The van der Waals surface area contributed by atoms with Gasteiger partial charge in [-0.25, -0.2) is 9.97 Å². The summed E-state index contributed by atoms with van der Waals surface area (Å²) in [6, 6.07) is 13.6. The largest absolute Gasteiger partial charge is 0.305 e. The zero-order valence-electron chi connectivity index (χ0n) is 16.2. The van der Waals surface area contributed by atoms with Crippen molar-refractivity contribution in [1.82, 2.24) is 15.0 Å². The number of aryl methyl sites for hydroxylation is 3. The minimum absolute atomic E-state index is 0.206. The van der Waals surface area contributed by atoms with Crippen molar-refractivity contribution in [3.05, 3.63) is 80.0 Å². The number of halogens is 1. The number of H-pyrrole nitrogens is 1. The predicted octanol–water partition coefficient (Wildman–Crippen LogP) is 5.11. The summed E-state index contributed by atoms with van der Waals surface area (Å²) in [5.41, 5.74) is 4.83. The Labute approximate surface area is 172 Å². The van der Waals surface area contributed by atoms with Crippen LogP contribution in [0.25, 0.3) is 33.5 Å². The molecule has 0 saturated heterocycles. The molecule has 2 heterocycles. The molecule has 0 saturated carbocycles. The van der Waals surface area contributed by atoms with Gasteiger partial charge in [0.25, 0.3) is 5.56 Å². The van der Waals surface area contributed by atoms with E-state index >= 15 is 0 Å². The van der Waals surface area contributed by atoms with Crippen molar-refractivity contribution in [2.75, 3.05) is 0 Å². The number of allylic oxidation sites excluding steroid dienone is 1. The third-order valence-electron chi connectivity index (χ3n) is 4.77. The van der Waals surface area contributed by atoms with Gasteiger partial charge in [-0.15, -0.1) is 0 Å². The number of hydrogen-bond acceptors (Lipinski definition) is 4. The lowest BCUT2D eigenvalue weighted by atomic mass is 10.1. The molecule has 1 N–H and O–H groups in total. The number of benzene rings is 2. The molecule has 0 radical (unpaired) electrons. The summed E-state index contributed by atoms with van der Waals surface area (Å²) in [6.07, 6.45) is 1.60. The molecule has 6 heteroatoms. The van der Waals surface area contributed by atoms with Crippen LogP contribution in [0.5, 0.6) is 0 Å². The molecule has 4 aromatic rings. The van der Waals surface area contributed by atoms with Gasteiger partial charge < -0.3 is 4.98 Å². The molecule has 0 unspecified atom stereocenters. The second-order valence-corrected chi connectivity index (χ2v) is 7.48. The number of rotatable bonds is 2. The molecule has 4 rings (SSSR count).